The summed E-state index contributed by atoms with van der Waals surface area (Å²) in [6.07, 6.45) is 6.32. The summed E-state index contributed by atoms with van der Waals surface area (Å²) in [5.74, 6) is 0.733. The normalized spacial score (nSPS) is 14.5. The van der Waals surface area contributed by atoms with Gasteiger partial charge in [0.2, 0.25) is 5.91 Å². The molecular weight excluding hydrogens is 376 g/mol. The van der Waals surface area contributed by atoms with Gasteiger partial charge in [0.25, 0.3) is 5.91 Å². The molecule has 1 fully saturated rings. The van der Waals surface area contributed by atoms with Crippen molar-refractivity contribution in [2.75, 3.05) is 6.54 Å². The number of hydrogen-bond acceptors (Lipinski definition) is 3. The van der Waals surface area contributed by atoms with Gasteiger partial charge in [-0.2, -0.15) is 0 Å². The number of fused-ring (bicyclic) bond motifs is 1. The maximum atomic E-state index is 12.7. The highest BCUT2D eigenvalue weighted by Gasteiger charge is 2.18. The smallest absolute Gasteiger partial charge is 0.251 e. The number of rotatable bonds is 7. The number of nitrogens with one attached hydrogen (secondary N) is 2. The molecule has 0 bridgehead atoms. The molecule has 0 atom stereocenters. The topological polar surface area (TPSA) is 76.0 Å². The van der Waals surface area contributed by atoms with Crippen molar-refractivity contribution in [2.45, 2.75) is 51.1 Å². The van der Waals surface area contributed by atoms with E-state index in [-0.39, 0.29) is 24.4 Å². The molecule has 1 aromatic heterocycles. The van der Waals surface area contributed by atoms with Crippen molar-refractivity contribution in [2.24, 2.45) is 0 Å². The number of aromatic nitrogens is 2. The van der Waals surface area contributed by atoms with Crippen LogP contribution in [0.1, 0.15) is 48.3 Å². The fraction of sp³-hybridized carbons (Fsp3) is 0.375. The summed E-state index contributed by atoms with van der Waals surface area (Å²) in [4.78, 5) is 29.7. The van der Waals surface area contributed by atoms with Gasteiger partial charge < -0.3 is 15.2 Å². The Morgan fingerprint density at radius 3 is 2.50 bits per heavy atom. The van der Waals surface area contributed by atoms with Crippen molar-refractivity contribution < 1.29 is 9.59 Å². The van der Waals surface area contributed by atoms with E-state index in [1.165, 1.54) is 19.3 Å². The molecule has 4 rings (SSSR count). The maximum absolute atomic E-state index is 12.7. The number of carbonyl (C=O) groups excluding carboxylic acids is 2. The van der Waals surface area contributed by atoms with Crippen molar-refractivity contribution in [3.05, 3.63) is 66.0 Å². The van der Waals surface area contributed by atoms with Crippen molar-refractivity contribution in [3.63, 3.8) is 0 Å². The van der Waals surface area contributed by atoms with E-state index in [4.69, 9.17) is 4.98 Å². The van der Waals surface area contributed by atoms with E-state index in [1.807, 2.05) is 47.0 Å². The highest BCUT2D eigenvalue weighted by Crippen LogP contribution is 2.19. The highest BCUT2D eigenvalue weighted by atomic mass is 16.2. The van der Waals surface area contributed by atoms with Gasteiger partial charge in [-0.1, -0.05) is 49.6 Å². The third-order valence-corrected chi connectivity index (χ3v) is 5.68. The molecule has 1 aliphatic rings. The summed E-state index contributed by atoms with van der Waals surface area (Å²) in [6.45, 7) is 0.709. The first-order chi connectivity index (χ1) is 14.7. The van der Waals surface area contributed by atoms with Crippen LogP contribution in [0.3, 0.4) is 0 Å². The first kappa shape index (κ1) is 20.1. The molecule has 0 spiro atoms. The van der Waals surface area contributed by atoms with Gasteiger partial charge in [0.05, 0.1) is 11.0 Å². The van der Waals surface area contributed by atoms with E-state index < -0.39 is 0 Å². The average Bonchev–Trinajstić information content (AvgIpc) is 3.12. The van der Waals surface area contributed by atoms with Crippen molar-refractivity contribution in [1.82, 2.24) is 20.2 Å². The van der Waals surface area contributed by atoms with Crippen LogP contribution >= 0.6 is 0 Å². The van der Waals surface area contributed by atoms with Gasteiger partial charge in [-0.25, -0.2) is 4.98 Å². The standard InChI is InChI=1S/C24H28N4O2/c29-23(26-19-11-5-2-6-12-19)17-28-21-14-8-7-13-20(21)27-22(28)15-16-25-24(30)18-9-3-1-4-10-18/h1,3-4,7-10,13-14,19H,2,5-6,11-12,15-17H2,(H,25,30)(H,26,29). The molecule has 0 unspecified atom stereocenters. The van der Waals surface area contributed by atoms with E-state index in [0.29, 0.717) is 18.5 Å². The zero-order chi connectivity index (χ0) is 20.8. The minimum atomic E-state index is -0.103. The van der Waals surface area contributed by atoms with Crippen molar-refractivity contribution >= 4 is 22.8 Å². The second kappa shape index (κ2) is 9.57. The Labute approximate surface area is 176 Å². The van der Waals surface area contributed by atoms with Crippen molar-refractivity contribution in [3.8, 4) is 0 Å². The average molecular weight is 405 g/mol. The predicted molar refractivity (Wildman–Crippen MR) is 117 cm³/mol. The summed E-state index contributed by atoms with van der Waals surface area (Å²) >= 11 is 0. The molecule has 2 N–H and O–H groups in total. The quantitative estimate of drug-likeness (QED) is 0.633. The van der Waals surface area contributed by atoms with Crippen LogP contribution in [0.2, 0.25) is 0 Å². The van der Waals surface area contributed by atoms with Crippen LogP contribution in [0.15, 0.2) is 54.6 Å². The zero-order valence-electron chi connectivity index (χ0n) is 17.1. The molecule has 1 saturated carbocycles. The highest BCUT2D eigenvalue weighted by molar-refractivity contribution is 5.94. The second-order valence-electron chi connectivity index (χ2n) is 7.88. The predicted octanol–water partition coefficient (Wildman–Crippen LogP) is 3.46. The van der Waals surface area contributed by atoms with E-state index in [2.05, 4.69) is 10.6 Å². The molecule has 30 heavy (non-hydrogen) atoms. The lowest BCUT2D eigenvalue weighted by Crippen LogP contribution is -2.38. The Balaban J connectivity index is 1.43. The van der Waals surface area contributed by atoms with Crippen LogP contribution in [-0.4, -0.2) is 34.0 Å². The summed E-state index contributed by atoms with van der Waals surface area (Å²) in [7, 11) is 0. The molecular formula is C24H28N4O2. The number of hydrogen-bond donors (Lipinski definition) is 2. The molecule has 0 saturated heterocycles. The largest absolute Gasteiger partial charge is 0.352 e. The number of amides is 2. The lowest BCUT2D eigenvalue weighted by Gasteiger charge is -2.23. The number of carbonyl (C=O) groups is 2. The van der Waals surface area contributed by atoms with Gasteiger partial charge >= 0.3 is 0 Å². The van der Waals surface area contributed by atoms with Gasteiger partial charge in [-0.3, -0.25) is 9.59 Å². The molecule has 1 aliphatic carbocycles. The summed E-state index contributed by atoms with van der Waals surface area (Å²) < 4.78 is 1.97. The summed E-state index contributed by atoms with van der Waals surface area (Å²) in [5.41, 5.74) is 2.45. The first-order valence-electron chi connectivity index (χ1n) is 10.8. The lowest BCUT2D eigenvalue weighted by molar-refractivity contribution is -0.122. The van der Waals surface area contributed by atoms with E-state index in [9.17, 15) is 9.59 Å². The molecule has 6 heteroatoms. The van der Waals surface area contributed by atoms with Crippen molar-refractivity contribution in [1.29, 1.82) is 0 Å². The Morgan fingerprint density at radius 1 is 0.967 bits per heavy atom. The lowest BCUT2D eigenvalue weighted by atomic mass is 9.95. The Bertz CT molecular complexity index is 1010. The van der Waals surface area contributed by atoms with E-state index >= 15 is 0 Å². The first-order valence-corrected chi connectivity index (χ1v) is 10.8. The fourth-order valence-electron chi connectivity index (χ4n) is 4.14. The van der Waals surface area contributed by atoms with Crippen LogP contribution in [0, 0.1) is 0 Å². The van der Waals surface area contributed by atoms with Crippen LogP contribution in [0.25, 0.3) is 11.0 Å². The molecule has 6 nitrogen and oxygen atoms in total. The Hall–Kier alpha value is -3.15. The SMILES string of the molecule is O=C(Cn1c(CCNC(=O)c2ccccc2)nc2ccccc21)NC1CCCCC1. The van der Waals surface area contributed by atoms with Crippen LogP contribution in [-0.2, 0) is 17.8 Å². The molecule has 156 valence electrons. The second-order valence-corrected chi connectivity index (χ2v) is 7.88. The van der Waals surface area contributed by atoms with E-state index in [0.717, 1.165) is 29.7 Å². The van der Waals surface area contributed by atoms with E-state index in [1.54, 1.807) is 12.1 Å². The molecule has 1 heterocycles. The Morgan fingerprint density at radius 2 is 1.70 bits per heavy atom. The third kappa shape index (κ3) is 4.87. The minimum Gasteiger partial charge on any atom is -0.352 e. The van der Waals surface area contributed by atoms with Crippen LogP contribution in [0.4, 0.5) is 0 Å². The third-order valence-electron chi connectivity index (χ3n) is 5.68. The minimum absolute atomic E-state index is 0.0274. The molecule has 2 amide bonds. The number of para-hydroxylation sites is 2. The Kier molecular flexibility index (Phi) is 6.42. The number of nitrogens with zero attached hydrogens (tertiary/aromatic N) is 2. The van der Waals surface area contributed by atoms with Gasteiger partial charge in [-0.05, 0) is 37.1 Å². The summed E-state index contributed by atoms with van der Waals surface area (Å²) in [6, 6.07) is 17.3. The number of imidazole rings is 1. The molecule has 2 aromatic carbocycles. The number of benzene rings is 2. The maximum Gasteiger partial charge on any atom is 0.251 e. The van der Waals surface area contributed by atoms with Gasteiger partial charge in [0.1, 0.15) is 12.4 Å². The van der Waals surface area contributed by atoms with Crippen LogP contribution < -0.4 is 10.6 Å². The van der Waals surface area contributed by atoms with Gasteiger partial charge in [0.15, 0.2) is 0 Å². The fourth-order valence-corrected chi connectivity index (χ4v) is 4.14. The zero-order valence-corrected chi connectivity index (χ0v) is 17.1. The van der Waals surface area contributed by atoms with Crippen LogP contribution in [0.5, 0.6) is 0 Å². The van der Waals surface area contributed by atoms with Gasteiger partial charge in [-0.15, -0.1) is 0 Å². The molecule has 0 radical (unpaired) electrons. The summed E-state index contributed by atoms with van der Waals surface area (Å²) in [5, 5.41) is 6.13. The molecule has 0 aliphatic heterocycles. The monoisotopic (exact) mass is 404 g/mol. The van der Waals surface area contributed by atoms with Gasteiger partial charge in [0, 0.05) is 24.6 Å². The molecule has 3 aromatic rings.